The van der Waals surface area contributed by atoms with Crippen molar-refractivity contribution in [2.45, 2.75) is 19.0 Å². The summed E-state index contributed by atoms with van der Waals surface area (Å²) < 4.78 is 10.5. The van der Waals surface area contributed by atoms with E-state index in [4.69, 9.17) is 15.0 Å². The van der Waals surface area contributed by atoms with E-state index in [0.29, 0.717) is 26.3 Å². The quantitative estimate of drug-likeness (QED) is 0.349. The lowest BCUT2D eigenvalue weighted by molar-refractivity contribution is -0.152. The molecule has 1 aliphatic heterocycles. The topological polar surface area (TPSA) is 87.5 Å². The molecule has 7 heteroatoms. The Bertz CT molecular complexity index is 525. The van der Waals surface area contributed by atoms with Gasteiger partial charge < -0.3 is 9.47 Å². The van der Waals surface area contributed by atoms with E-state index in [0.717, 1.165) is 5.56 Å². The molecule has 0 bridgehead atoms. The first kappa shape index (κ1) is 16.3. The molecule has 0 saturated carbocycles. The second-order valence-electron chi connectivity index (χ2n) is 4.91. The molecule has 1 fully saturated rings. The smallest absolute Gasteiger partial charge is 0.324 e. The molecule has 1 saturated heterocycles. The molecule has 0 aromatic heterocycles. The number of hydrogen-bond donors (Lipinski definition) is 0. The third-order valence-corrected chi connectivity index (χ3v) is 3.58. The van der Waals surface area contributed by atoms with Gasteiger partial charge in [-0.05, 0) is 18.0 Å². The van der Waals surface area contributed by atoms with Crippen LogP contribution in [0.15, 0.2) is 35.4 Å². The van der Waals surface area contributed by atoms with Crippen molar-refractivity contribution in [2.24, 2.45) is 5.11 Å². The Morgan fingerprint density at radius 2 is 2.09 bits per heavy atom. The summed E-state index contributed by atoms with van der Waals surface area (Å²) in [5.41, 5.74) is 9.72. The van der Waals surface area contributed by atoms with Crippen LogP contribution in [0.25, 0.3) is 10.4 Å². The summed E-state index contributed by atoms with van der Waals surface area (Å²) in [7, 11) is 0. The minimum atomic E-state index is -0.637. The van der Waals surface area contributed by atoms with E-state index < -0.39 is 12.1 Å². The zero-order valence-corrected chi connectivity index (χ0v) is 12.6. The fraction of sp³-hybridized carbons (Fsp3) is 0.533. The van der Waals surface area contributed by atoms with Gasteiger partial charge >= 0.3 is 5.97 Å². The van der Waals surface area contributed by atoms with Crippen molar-refractivity contribution in [1.29, 1.82) is 0 Å². The highest BCUT2D eigenvalue weighted by molar-refractivity contribution is 5.77. The summed E-state index contributed by atoms with van der Waals surface area (Å²) in [5, 5.41) is 3.87. The molecule has 1 aromatic rings. The van der Waals surface area contributed by atoms with Crippen LogP contribution in [0.5, 0.6) is 0 Å². The molecule has 1 aromatic carbocycles. The molecular weight excluding hydrogens is 284 g/mol. The van der Waals surface area contributed by atoms with Crippen LogP contribution in [0, 0.1) is 0 Å². The molecule has 2 rings (SSSR count). The SMILES string of the molecule is CCOC(=O)[C@H]([C@@H](N=[N+]=[N-])c1ccccc1)N1CCOCC1. The second-order valence-corrected chi connectivity index (χ2v) is 4.91. The highest BCUT2D eigenvalue weighted by Gasteiger charge is 2.36. The molecule has 0 radical (unpaired) electrons. The summed E-state index contributed by atoms with van der Waals surface area (Å²) in [6.07, 6.45) is 0. The minimum Gasteiger partial charge on any atom is -0.465 e. The van der Waals surface area contributed by atoms with Crippen LogP contribution in [0.4, 0.5) is 0 Å². The molecule has 0 unspecified atom stereocenters. The Morgan fingerprint density at radius 3 is 2.68 bits per heavy atom. The zero-order valence-electron chi connectivity index (χ0n) is 12.6. The van der Waals surface area contributed by atoms with Gasteiger partial charge in [-0.3, -0.25) is 9.69 Å². The van der Waals surface area contributed by atoms with Crippen molar-refractivity contribution in [2.75, 3.05) is 32.9 Å². The van der Waals surface area contributed by atoms with Crippen molar-refractivity contribution in [3.05, 3.63) is 46.3 Å². The Balaban J connectivity index is 2.34. The fourth-order valence-electron chi connectivity index (χ4n) is 2.58. The van der Waals surface area contributed by atoms with E-state index in [1.165, 1.54) is 0 Å². The second kappa shape index (κ2) is 8.38. The molecule has 1 heterocycles. The van der Waals surface area contributed by atoms with Gasteiger partial charge in [-0.1, -0.05) is 35.4 Å². The molecule has 0 N–H and O–H groups in total. The maximum Gasteiger partial charge on any atom is 0.324 e. The third kappa shape index (κ3) is 3.98. The lowest BCUT2D eigenvalue weighted by Gasteiger charge is -2.35. The average Bonchev–Trinajstić information content (AvgIpc) is 2.56. The number of ether oxygens (including phenoxy) is 2. The number of morpholine rings is 1. The minimum absolute atomic E-state index is 0.289. The van der Waals surface area contributed by atoms with E-state index in [9.17, 15) is 4.79 Å². The number of azide groups is 1. The Morgan fingerprint density at radius 1 is 1.41 bits per heavy atom. The predicted molar refractivity (Wildman–Crippen MR) is 81.1 cm³/mol. The summed E-state index contributed by atoms with van der Waals surface area (Å²) in [6, 6.07) is 8.04. The molecule has 0 aliphatic carbocycles. The molecule has 118 valence electrons. The first-order valence-corrected chi connectivity index (χ1v) is 7.35. The van der Waals surface area contributed by atoms with E-state index in [1.807, 2.05) is 35.2 Å². The molecule has 22 heavy (non-hydrogen) atoms. The molecular formula is C15H20N4O3. The number of esters is 1. The maximum atomic E-state index is 12.4. The standard InChI is InChI=1S/C15H20N4O3/c1-2-22-15(20)14(19-8-10-21-11-9-19)13(17-18-16)12-6-4-3-5-7-12/h3-7,13-14H,2,8-11H2,1H3/t13-,14-/m0/s1. The normalized spacial score (nSPS) is 18.0. The summed E-state index contributed by atoms with van der Waals surface area (Å²) in [4.78, 5) is 17.3. The van der Waals surface area contributed by atoms with E-state index in [-0.39, 0.29) is 12.6 Å². The summed E-state index contributed by atoms with van der Waals surface area (Å²) in [6.45, 7) is 4.36. The van der Waals surface area contributed by atoms with Gasteiger partial charge in [0.05, 0.1) is 25.9 Å². The third-order valence-electron chi connectivity index (χ3n) is 3.58. The average molecular weight is 304 g/mol. The van der Waals surface area contributed by atoms with Crippen molar-refractivity contribution in [1.82, 2.24) is 4.90 Å². The van der Waals surface area contributed by atoms with Gasteiger partial charge in [-0.15, -0.1) is 0 Å². The highest BCUT2D eigenvalue weighted by Crippen LogP contribution is 2.27. The van der Waals surface area contributed by atoms with Crippen molar-refractivity contribution < 1.29 is 14.3 Å². The predicted octanol–water partition coefficient (Wildman–Crippen LogP) is 2.30. The van der Waals surface area contributed by atoms with Crippen LogP contribution in [0.2, 0.25) is 0 Å². The van der Waals surface area contributed by atoms with Crippen LogP contribution in [-0.2, 0) is 14.3 Å². The van der Waals surface area contributed by atoms with Gasteiger partial charge in [0, 0.05) is 18.0 Å². The molecule has 2 atom stereocenters. The lowest BCUT2D eigenvalue weighted by Crippen LogP contribution is -2.50. The van der Waals surface area contributed by atoms with Crippen LogP contribution in [-0.4, -0.2) is 49.8 Å². The molecule has 1 aliphatic rings. The van der Waals surface area contributed by atoms with Gasteiger partial charge in [0.2, 0.25) is 0 Å². The van der Waals surface area contributed by atoms with Crippen molar-refractivity contribution in [3.63, 3.8) is 0 Å². The van der Waals surface area contributed by atoms with Crippen LogP contribution < -0.4 is 0 Å². The van der Waals surface area contributed by atoms with Gasteiger partial charge in [-0.2, -0.15) is 0 Å². The summed E-state index contributed by atoms with van der Waals surface area (Å²) in [5.74, 6) is -0.370. The fourth-order valence-corrected chi connectivity index (χ4v) is 2.58. The van der Waals surface area contributed by atoms with E-state index in [2.05, 4.69) is 10.0 Å². The Hall–Kier alpha value is -2.08. The monoisotopic (exact) mass is 304 g/mol. The maximum absolute atomic E-state index is 12.4. The molecule has 0 spiro atoms. The Kier molecular flexibility index (Phi) is 6.21. The number of rotatable bonds is 6. The molecule has 0 amide bonds. The van der Waals surface area contributed by atoms with E-state index in [1.54, 1.807) is 6.92 Å². The van der Waals surface area contributed by atoms with Gasteiger partial charge in [0.25, 0.3) is 0 Å². The number of nitrogens with zero attached hydrogens (tertiary/aromatic N) is 4. The largest absolute Gasteiger partial charge is 0.465 e. The first-order valence-electron chi connectivity index (χ1n) is 7.35. The van der Waals surface area contributed by atoms with Crippen molar-refractivity contribution in [3.8, 4) is 0 Å². The van der Waals surface area contributed by atoms with Gasteiger partial charge in [0.15, 0.2) is 0 Å². The van der Waals surface area contributed by atoms with Crippen LogP contribution in [0.3, 0.4) is 0 Å². The van der Waals surface area contributed by atoms with Gasteiger partial charge in [-0.25, -0.2) is 0 Å². The highest BCUT2D eigenvalue weighted by atomic mass is 16.5. The lowest BCUT2D eigenvalue weighted by atomic mass is 9.98. The van der Waals surface area contributed by atoms with Gasteiger partial charge in [0.1, 0.15) is 6.04 Å². The molecule has 7 nitrogen and oxygen atoms in total. The summed E-state index contributed by atoms with van der Waals surface area (Å²) >= 11 is 0. The zero-order chi connectivity index (χ0) is 15.8. The van der Waals surface area contributed by atoms with Crippen molar-refractivity contribution >= 4 is 5.97 Å². The first-order chi connectivity index (χ1) is 10.8. The number of hydrogen-bond acceptors (Lipinski definition) is 5. The Labute approximate surface area is 129 Å². The number of benzene rings is 1. The number of carbonyl (C=O) groups excluding carboxylic acids is 1. The number of carbonyl (C=O) groups is 1. The van der Waals surface area contributed by atoms with Crippen LogP contribution in [0.1, 0.15) is 18.5 Å². The van der Waals surface area contributed by atoms with Crippen LogP contribution >= 0.6 is 0 Å². The van der Waals surface area contributed by atoms with E-state index >= 15 is 0 Å².